The van der Waals surface area contributed by atoms with E-state index in [1.165, 1.54) is 0 Å². The van der Waals surface area contributed by atoms with Crippen molar-refractivity contribution >= 4 is 51.8 Å². The van der Waals surface area contributed by atoms with Crippen LogP contribution in [0.15, 0.2) is 72.3 Å². The second-order valence-corrected chi connectivity index (χ2v) is 6.47. The van der Waals surface area contributed by atoms with Crippen LogP contribution in [-0.2, 0) is 9.53 Å². The summed E-state index contributed by atoms with van der Waals surface area (Å²) in [4.78, 5) is 12.3. The summed E-state index contributed by atoms with van der Waals surface area (Å²) in [7, 11) is 0. The minimum Gasteiger partial charge on any atom is -0.422 e. The molecule has 0 aromatic heterocycles. The molecule has 4 rings (SSSR count). The van der Waals surface area contributed by atoms with Gasteiger partial charge in [0.15, 0.2) is 0 Å². The largest absolute Gasteiger partial charge is 0.422 e. The third kappa shape index (κ3) is 2.95. The Kier molecular flexibility index (Phi) is 4.08. The monoisotopic (exact) mass is 366 g/mol. The molecule has 0 saturated heterocycles. The van der Waals surface area contributed by atoms with Gasteiger partial charge >= 0.3 is 5.97 Å². The highest BCUT2D eigenvalue weighted by atomic mass is 35.5. The number of cyclic esters (lactones) is 1. The summed E-state index contributed by atoms with van der Waals surface area (Å²) in [5, 5.41) is 3.09. The van der Waals surface area contributed by atoms with Crippen LogP contribution in [0.2, 0.25) is 10.0 Å². The average Bonchev–Trinajstić information content (AvgIpc) is 2.98. The number of carbonyl (C=O) groups excluding carboxylic acids is 1. The molecule has 0 unspecified atom stereocenters. The summed E-state index contributed by atoms with van der Waals surface area (Å²) in [5.41, 5.74) is 1.89. The van der Waals surface area contributed by atoms with E-state index in [-0.39, 0.29) is 0 Å². The van der Waals surface area contributed by atoms with Crippen molar-refractivity contribution in [1.82, 2.24) is 0 Å². The minimum atomic E-state index is -0.418. The van der Waals surface area contributed by atoms with Crippen LogP contribution in [0.25, 0.3) is 22.6 Å². The fourth-order valence-corrected chi connectivity index (χ4v) is 3.37. The van der Waals surface area contributed by atoms with E-state index in [1.807, 2.05) is 42.5 Å². The molecule has 0 aliphatic carbocycles. The molecule has 0 saturated carbocycles. The van der Waals surface area contributed by atoms with E-state index in [2.05, 4.69) is 0 Å². The summed E-state index contributed by atoms with van der Waals surface area (Å²) < 4.78 is 5.49. The van der Waals surface area contributed by atoms with Crippen molar-refractivity contribution in [2.24, 2.45) is 0 Å². The number of esters is 1. The number of carbonyl (C=O) groups is 1. The predicted molar refractivity (Wildman–Crippen MR) is 102 cm³/mol. The van der Waals surface area contributed by atoms with Crippen LogP contribution in [0, 0.1) is 0 Å². The molecule has 0 radical (unpaired) electrons. The van der Waals surface area contributed by atoms with Crippen molar-refractivity contribution in [3.63, 3.8) is 0 Å². The Labute approximate surface area is 154 Å². The van der Waals surface area contributed by atoms with Gasteiger partial charge in [-0.1, -0.05) is 71.7 Å². The summed E-state index contributed by atoms with van der Waals surface area (Å²) in [6, 6.07) is 19.1. The van der Waals surface area contributed by atoms with Crippen molar-refractivity contribution in [1.29, 1.82) is 0 Å². The van der Waals surface area contributed by atoms with Gasteiger partial charge in [0, 0.05) is 21.2 Å². The molecule has 2 nitrogen and oxygen atoms in total. The second-order valence-electron chi connectivity index (χ2n) is 5.66. The lowest BCUT2D eigenvalue weighted by Gasteiger charge is -2.06. The molecular weight excluding hydrogens is 355 g/mol. The van der Waals surface area contributed by atoms with E-state index in [0.717, 1.165) is 16.3 Å². The first-order valence-electron chi connectivity index (χ1n) is 7.71. The molecule has 3 aromatic rings. The maximum Gasteiger partial charge on any atom is 0.343 e. The molecule has 1 aliphatic rings. The third-order valence-electron chi connectivity index (χ3n) is 4.08. The van der Waals surface area contributed by atoms with Gasteiger partial charge in [-0.3, -0.25) is 0 Å². The number of ether oxygens (including phenoxy) is 1. The Bertz CT molecular complexity index is 1040. The molecule has 25 heavy (non-hydrogen) atoms. The van der Waals surface area contributed by atoms with E-state index >= 15 is 0 Å². The van der Waals surface area contributed by atoms with Gasteiger partial charge in [0.2, 0.25) is 0 Å². The Morgan fingerprint density at radius 3 is 2.32 bits per heavy atom. The van der Waals surface area contributed by atoms with E-state index in [1.54, 1.807) is 30.4 Å². The van der Waals surface area contributed by atoms with Gasteiger partial charge in [-0.2, -0.15) is 0 Å². The van der Waals surface area contributed by atoms with Gasteiger partial charge < -0.3 is 4.74 Å². The Morgan fingerprint density at radius 1 is 0.840 bits per heavy atom. The first-order valence-corrected chi connectivity index (χ1v) is 8.47. The molecule has 0 fully saturated rings. The summed E-state index contributed by atoms with van der Waals surface area (Å²) >= 11 is 12.4. The van der Waals surface area contributed by atoms with Crippen molar-refractivity contribution in [2.75, 3.05) is 0 Å². The molecular formula is C21H12Cl2O2. The van der Waals surface area contributed by atoms with Crippen molar-refractivity contribution in [2.45, 2.75) is 0 Å². The first-order chi connectivity index (χ1) is 12.1. The van der Waals surface area contributed by atoms with Crippen LogP contribution in [-0.4, -0.2) is 5.97 Å². The zero-order valence-corrected chi connectivity index (χ0v) is 14.5. The number of benzene rings is 3. The average molecular weight is 367 g/mol. The van der Waals surface area contributed by atoms with Gasteiger partial charge in [-0.15, -0.1) is 0 Å². The number of fused-ring (bicyclic) bond motifs is 1. The zero-order chi connectivity index (χ0) is 17.4. The molecule has 0 spiro atoms. The second kappa shape index (κ2) is 6.40. The Morgan fingerprint density at radius 2 is 1.52 bits per heavy atom. The van der Waals surface area contributed by atoms with Crippen molar-refractivity contribution < 1.29 is 9.53 Å². The Balaban J connectivity index is 1.82. The topological polar surface area (TPSA) is 26.3 Å². The van der Waals surface area contributed by atoms with Gasteiger partial charge in [0.25, 0.3) is 0 Å². The van der Waals surface area contributed by atoms with Crippen LogP contribution < -0.4 is 0 Å². The SMILES string of the molecule is O=C1OC(c2cccc3ccccc23)=C/C1=C\c1c(Cl)cccc1Cl. The van der Waals surface area contributed by atoms with Gasteiger partial charge in [-0.05, 0) is 35.1 Å². The number of hydrogen-bond acceptors (Lipinski definition) is 2. The van der Waals surface area contributed by atoms with Crippen LogP contribution >= 0.6 is 23.2 Å². The molecule has 3 aromatic carbocycles. The molecule has 0 amide bonds. The molecule has 122 valence electrons. The van der Waals surface area contributed by atoms with E-state index in [9.17, 15) is 4.79 Å². The van der Waals surface area contributed by atoms with Crippen molar-refractivity contribution in [3.8, 4) is 0 Å². The Hall–Kier alpha value is -2.55. The minimum absolute atomic E-state index is 0.415. The number of hydrogen-bond donors (Lipinski definition) is 0. The van der Waals surface area contributed by atoms with E-state index in [4.69, 9.17) is 27.9 Å². The number of halogens is 2. The van der Waals surface area contributed by atoms with E-state index in [0.29, 0.717) is 26.9 Å². The number of rotatable bonds is 2. The molecule has 0 atom stereocenters. The highest BCUT2D eigenvalue weighted by molar-refractivity contribution is 6.37. The van der Waals surface area contributed by atoms with Crippen LogP contribution in [0.3, 0.4) is 0 Å². The molecule has 1 aliphatic heterocycles. The quantitative estimate of drug-likeness (QED) is 0.402. The van der Waals surface area contributed by atoms with Crippen molar-refractivity contribution in [3.05, 3.63) is 93.5 Å². The normalized spacial score (nSPS) is 15.5. The van der Waals surface area contributed by atoms with E-state index < -0.39 is 5.97 Å². The third-order valence-corrected chi connectivity index (χ3v) is 4.74. The van der Waals surface area contributed by atoms with Crippen LogP contribution in [0.4, 0.5) is 0 Å². The molecule has 0 bridgehead atoms. The summed E-state index contributed by atoms with van der Waals surface area (Å²) in [6.07, 6.45) is 3.38. The maximum atomic E-state index is 12.3. The standard InChI is InChI=1S/C21H12Cl2O2/c22-18-9-4-10-19(23)17(18)11-14-12-20(25-21(14)24)16-8-3-6-13-5-1-2-7-15(13)16/h1-12H/b14-11+. The first kappa shape index (κ1) is 15.9. The fourth-order valence-electron chi connectivity index (χ4n) is 2.87. The van der Waals surface area contributed by atoms with Crippen LogP contribution in [0.5, 0.6) is 0 Å². The van der Waals surface area contributed by atoms with Crippen LogP contribution in [0.1, 0.15) is 11.1 Å². The predicted octanol–water partition coefficient (Wildman–Crippen LogP) is 6.13. The lowest BCUT2D eigenvalue weighted by atomic mass is 10.0. The van der Waals surface area contributed by atoms with Gasteiger partial charge in [-0.25, -0.2) is 4.79 Å². The lowest BCUT2D eigenvalue weighted by Crippen LogP contribution is -1.97. The molecule has 0 N–H and O–H groups in total. The smallest absolute Gasteiger partial charge is 0.343 e. The lowest BCUT2D eigenvalue weighted by molar-refractivity contribution is -0.130. The molecule has 4 heteroatoms. The summed E-state index contributed by atoms with van der Waals surface area (Å²) in [6.45, 7) is 0. The highest BCUT2D eigenvalue weighted by Gasteiger charge is 2.23. The fraction of sp³-hybridized carbons (Fsp3) is 0. The van der Waals surface area contributed by atoms with Gasteiger partial charge in [0.05, 0.1) is 5.57 Å². The van der Waals surface area contributed by atoms with Gasteiger partial charge in [0.1, 0.15) is 5.76 Å². The maximum absolute atomic E-state index is 12.3. The summed E-state index contributed by atoms with van der Waals surface area (Å²) in [5.74, 6) is 0.107. The zero-order valence-electron chi connectivity index (χ0n) is 13.0. The highest BCUT2D eigenvalue weighted by Crippen LogP contribution is 2.34. The molecule has 1 heterocycles.